The second kappa shape index (κ2) is 18.3. The van der Waals surface area contributed by atoms with Crippen molar-refractivity contribution in [3.05, 3.63) is 0 Å². The molecule has 0 saturated carbocycles. The van der Waals surface area contributed by atoms with Crippen molar-refractivity contribution in [1.29, 1.82) is 0 Å². The van der Waals surface area contributed by atoms with E-state index in [2.05, 4.69) is 9.78 Å². The van der Waals surface area contributed by atoms with E-state index >= 15 is 0 Å². The predicted molar refractivity (Wildman–Crippen MR) is 41.8 cm³/mol. The van der Waals surface area contributed by atoms with Crippen LogP contribution in [0, 0.1) is 0 Å². The van der Waals surface area contributed by atoms with Crippen molar-refractivity contribution >= 4 is 23.9 Å². The van der Waals surface area contributed by atoms with Crippen LogP contribution in [0.25, 0.3) is 0 Å². The molecule has 0 aliphatic rings. The van der Waals surface area contributed by atoms with Crippen molar-refractivity contribution in [2.75, 3.05) is 0 Å². The average molecular weight is 522 g/mol. The molecule has 0 aromatic rings. The summed E-state index contributed by atoms with van der Waals surface area (Å²) in [5, 5.41) is 74.6. The Kier molecular flexibility index (Phi) is 26.1. The third-order valence-corrected chi connectivity index (χ3v) is 1.73. The van der Waals surface area contributed by atoms with Crippen molar-refractivity contribution in [1.82, 2.24) is 0 Å². The van der Waals surface area contributed by atoms with Crippen LogP contribution in [0.5, 0.6) is 0 Å². The smallest absolute Gasteiger partial charge is 0.723 e. The molecule has 0 bridgehead atoms. The van der Waals surface area contributed by atoms with Gasteiger partial charge in [0.1, 0.15) is 24.4 Å². The van der Waals surface area contributed by atoms with Crippen molar-refractivity contribution in [2.45, 2.75) is 24.4 Å². The number of carboxylic acid groups (broad SMARTS) is 4. The minimum Gasteiger partial charge on any atom is -0.723 e. The topological polar surface area (TPSA) is 266 Å². The van der Waals surface area contributed by atoms with Crippen LogP contribution in [0.15, 0.2) is 0 Å². The summed E-state index contributed by atoms with van der Waals surface area (Å²) in [6.45, 7) is 0. The van der Waals surface area contributed by atoms with Gasteiger partial charge in [0.25, 0.3) is 0 Å². The second-order valence-corrected chi connectivity index (χ2v) is 3.20. The van der Waals surface area contributed by atoms with E-state index in [-0.39, 0.29) is 58.4 Å². The van der Waals surface area contributed by atoms with Gasteiger partial charge in [-0.25, -0.2) is 0 Å². The molecule has 0 heterocycles. The average Bonchev–Trinajstić information content (AvgIpc) is 2.39. The van der Waals surface area contributed by atoms with Crippen LogP contribution in [0.1, 0.15) is 0 Å². The van der Waals surface area contributed by atoms with E-state index in [4.69, 9.17) is 10.2 Å². The summed E-state index contributed by atoms with van der Waals surface area (Å²) in [5.74, 6) is -8.46. The number of aliphatic hydroxyl groups is 2. The minimum absolute atomic E-state index is 0. The quantitative estimate of drug-likeness (QED) is 0.170. The molecule has 128 valence electrons. The van der Waals surface area contributed by atoms with Crippen molar-refractivity contribution in [3.8, 4) is 0 Å². The van der Waals surface area contributed by atoms with Crippen molar-refractivity contribution < 1.29 is 129 Å². The first-order valence-corrected chi connectivity index (χ1v) is 4.78. The summed E-state index contributed by atoms with van der Waals surface area (Å²) >= 11 is 0. The molecule has 0 saturated heterocycles. The van der Waals surface area contributed by atoms with Crippen molar-refractivity contribution in [3.63, 3.8) is 0 Å². The Morgan fingerprint density at radius 1 is 0.600 bits per heavy atom. The monoisotopic (exact) mass is 518 g/mol. The Labute approximate surface area is 176 Å². The number of rotatable bonds is 8. The van der Waals surface area contributed by atoms with Crippen molar-refractivity contribution in [2.24, 2.45) is 0 Å². The molecule has 0 aliphatic heterocycles. The molecule has 14 nitrogen and oxygen atoms in total. The Bertz CT molecular complexity index is 379. The maximum atomic E-state index is 9.79. The SMILES string of the molecule is O=C([O-])C(O)C(O[O-])C(=O)[O-].O=C([O-])C(O)C(O[O-])C(=O)[O-].[Zn+2].[Zn+2].[Zn+2]. The minimum atomic E-state index is -2.52. The van der Waals surface area contributed by atoms with Crippen LogP contribution in [0.3, 0.4) is 0 Å². The fourth-order valence-electron chi connectivity index (χ4n) is 0.689. The van der Waals surface area contributed by atoms with E-state index in [0.717, 1.165) is 0 Å². The summed E-state index contributed by atoms with van der Waals surface area (Å²) in [7, 11) is 0. The normalized spacial score (nSPS) is 13.6. The molecular formula is C8H6O14Zn3. The third-order valence-electron chi connectivity index (χ3n) is 1.73. The molecule has 0 radical (unpaired) electrons. The van der Waals surface area contributed by atoms with Gasteiger partial charge in [-0.1, -0.05) is 0 Å². The van der Waals surface area contributed by atoms with E-state index in [1.807, 2.05) is 0 Å². The van der Waals surface area contributed by atoms with Crippen LogP contribution < -0.4 is 30.9 Å². The molecule has 17 heteroatoms. The number of hydrogen-bond acceptors (Lipinski definition) is 14. The summed E-state index contributed by atoms with van der Waals surface area (Å²) in [6.07, 6.45) is -9.92. The van der Waals surface area contributed by atoms with Crippen LogP contribution in [0.2, 0.25) is 0 Å². The van der Waals surface area contributed by atoms with E-state index in [0.29, 0.717) is 0 Å². The van der Waals surface area contributed by atoms with E-state index < -0.39 is 48.3 Å². The number of aliphatic carboxylic acids is 4. The van der Waals surface area contributed by atoms with Gasteiger partial charge >= 0.3 is 58.4 Å². The number of carbonyl (C=O) groups is 4. The van der Waals surface area contributed by atoms with Gasteiger partial charge in [0.05, 0.1) is 23.9 Å². The molecule has 2 N–H and O–H groups in total. The molecule has 25 heavy (non-hydrogen) atoms. The molecule has 0 rings (SSSR count). The van der Waals surface area contributed by atoms with Gasteiger partial charge in [-0.2, -0.15) is 0 Å². The van der Waals surface area contributed by atoms with Gasteiger partial charge in [-0.3, -0.25) is 0 Å². The van der Waals surface area contributed by atoms with Gasteiger partial charge in [0, 0.05) is 0 Å². The van der Waals surface area contributed by atoms with Crippen LogP contribution in [-0.4, -0.2) is 58.5 Å². The molecule has 0 aromatic carbocycles. The summed E-state index contributed by atoms with van der Waals surface area (Å²) in [4.78, 5) is 44.7. The molecular weight excluding hydrogens is 516 g/mol. The van der Waals surface area contributed by atoms with E-state index in [9.17, 15) is 50.1 Å². The maximum Gasteiger partial charge on any atom is 2.00 e. The molecule has 0 amide bonds. The van der Waals surface area contributed by atoms with Gasteiger partial charge in [0.2, 0.25) is 0 Å². The number of carbonyl (C=O) groups excluding carboxylic acids is 4. The van der Waals surface area contributed by atoms with Gasteiger partial charge in [-0.15, -0.1) is 0 Å². The molecule has 0 aromatic heterocycles. The van der Waals surface area contributed by atoms with Gasteiger partial charge in [0.15, 0.2) is 0 Å². The zero-order valence-corrected chi connectivity index (χ0v) is 21.1. The standard InChI is InChI=1S/2C4H6O7.3Zn/c2*5-1(3(6)7)2(11-10)4(8)9;;;/h2*1-2,5,10H,(H,6,7)(H,8,9);;;/q;;3*+2/p-6. The number of hydrogen-bond donors (Lipinski definition) is 2. The second-order valence-electron chi connectivity index (χ2n) is 3.20. The Morgan fingerprint density at radius 2 is 0.800 bits per heavy atom. The first kappa shape index (κ1) is 35.6. The fraction of sp³-hybridized carbons (Fsp3) is 0.500. The third kappa shape index (κ3) is 14.4. The molecule has 0 spiro atoms. The summed E-state index contributed by atoms with van der Waals surface area (Å²) < 4.78 is 0. The van der Waals surface area contributed by atoms with Crippen LogP contribution in [-0.2, 0) is 87.4 Å². The Hall–Kier alpha value is -0.490. The summed E-state index contributed by atoms with van der Waals surface area (Å²) in [5.41, 5.74) is 0. The maximum absolute atomic E-state index is 9.79. The van der Waals surface area contributed by atoms with E-state index in [1.165, 1.54) is 0 Å². The Morgan fingerprint density at radius 3 is 0.840 bits per heavy atom. The van der Waals surface area contributed by atoms with Crippen LogP contribution in [0.4, 0.5) is 0 Å². The first-order valence-electron chi connectivity index (χ1n) is 4.78. The molecule has 0 aliphatic carbocycles. The fourth-order valence-corrected chi connectivity index (χ4v) is 0.689. The molecule has 0 fully saturated rings. The van der Waals surface area contributed by atoms with Crippen LogP contribution >= 0.6 is 0 Å². The van der Waals surface area contributed by atoms with Gasteiger partial charge < -0.3 is 70.1 Å². The molecule has 4 unspecified atom stereocenters. The zero-order valence-electron chi connectivity index (χ0n) is 12.2. The van der Waals surface area contributed by atoms with E-state index in [1.54, 1.807) is 0 Å². The van der Waals surface area contributed by atoms with Gasteiger partial charge in [-0.05, 0) is 0 Å². The number of carboxylic acids is 4. The zero-order chi connectivity index (χ0) is 18.0. The largest absolute Gasteiger partial charge is 2.00 e. The number of aliphatic hydroxyl groups excluding tert-OH is 2. The summed E-state index contributed by atoms with van der Waals surface area (Å²) in [6, 6.07) is 0. The predicted octanol–water partition coefficient (Wildman–Crippen LogP) is -11.0. The first-order chi connectivity index (χ1) is 10.0. The Balaban J connectivity index is -0.0000000952. The molecule has 4 atom stereocenters.